The van der Waals surface area contributed by atoms with Gasteiger partial charge in [0.1, 0.15) is 4.60 Å². The van der Waals surface area contributed by atoms with E-state index in [1.807, 2.05) is 0 Å². The number of pyridine rings is 1. The second-order valence-corrected chi connectivity index (χ2v) is 5.95. The topological polar surface area (TPSA) is 46.4 Å². The lowest BCUT2D eigenvalue weighted by atomic mass is 10.0. The number of hydrogen-bond acceptors (Lipinski definition) is 2. The summed E-state index contributed by atoms with van der Waals surface area (Å²) in [6.45, 7) is 1.32. The summed E-state index contributed by atoms with van der Waals surface area (Å²) in [5.74, 6) is -0.336. The van der Waals surface area contributed by atoms with Crippen molar-refractivity contribution in [1.82, 2.24) is 9.38 Å². The van der Waals surface area contributed by atoms with Gasteiger partial charge in [-0.1, -0.05) is 18.2 Å². The number of aromatic nitrogens is 2. The van der Waals surface area contributed by atoms with Crippen LogP contribution in [0.25, 0.3) is 16.8 Å². The van der Waals surface area contributed by atoms with E-state index in [1.165, 1.54) is 37.4 Å². The van der Waals surface area contributed by atoms with Crippen LogP contribution < -0.4 is 5.32 Å². The normalized spacial score (nSPS) is 11.7. The van der Waals surface area contributed by atoms with Gasteiger partial charge in [-0.05, 0) is 33.6 Å². The smallest absolute Gasteiger partial charge is 0.323 e. The van der Waals surface area contributed by atoms with E-state index in [2.05, 4.69) is 26.2 Å². The molecule has 2 heterocycles. The van der Waals surface area contributed by atoms with Crippen LogP contribution in [0.3, 0.4) is 0 Å². The van der Waals surface area contributed by atoms with Gasteiger partial charge in [-0.2, -0.15) is 13.2 Å². The molecule has 0 radical (unpaired) electrons. The standard InChI is InChI=1S/C16H11BrF3N3O/c1-9(24)22-13-6-10(8-23-14(17)7-21-15(13)23)11-4-2-3-5-12(11)16(18,19)20/h2-8H,1H3,(H,22,24). The maximum absolute atomic E-state index is 13.3. The van der Waals surface area contributed by atoms with Gasteiger partial charge in [0, 0.05) is 18.7 Å². The van der Waals surface area contributed by atoms with E-state index in [0.717, 1.165) is 6.07 Å². The summed E-state index contributed by atoms with van der Waals surface area (Å²) in [6, 6.07) is 6.79. The van der Waals surface area contributed by atoms with Crippen molar-refractivity contribution in [2.24, 2.45) is 0 Å². The summed E-state index contributed by atoms with van der Waals surface area (Å²) in [5.41, 5.74) is 0.374. The molecule has 1 amide bonds. The Kier molecular flexibility index (Phi) is 4.08. The first-order chi connectivity index (χ1) is 11.3. The number of nitrogens with zero attached hydrogens (tertiary/aromatic N) is 2. The number of nitrogens with one attached hydrogen (secondary N) is 1. The molecule has 3 aromatic rings. The molecule has 3 rings (SSSR count). The highest BCUT2D eigenvalue weighted by Crippen LogP contribution is 2.38. The van der Waals surface area contributed by atoms with E-state index in [9.17, 15) is 18.0 Å². The van der Waals surface area contributed by atoms with Crippen molar-refractivity contribution in [2.75, 3.05) is 5.32 Å². The zero-order chi connectivity index (χ0) is 17.5. The molecule has 4 nitrogen and oxygen atoms in total. The molecule has 1 N–H and O–H groups in total. The van der Waals surface area contributed by atoms with Crippen molar-refractivity contribution >= 4 is 33.2 Å². The second-order valence-electron chi connectivity index (χ2n) is 5.14. The Bertz CT molecular complexity index is 934. The Balaban J connectivity index is 2.28. The summed E-state index contributed by atoms with van der Waals surface area (Å²) in [4.78, 5) is 15.6. The molecule has 0 unspecified atom stereocenters. The molecule has 0 aliphatic rings. The number of hydrogen-bond donors (Lipinski definition) is 1. The molecule has 0 saturated heterocycles. The maximum Gasteiger partial charge on any atom is 0.417 e. The first-order valence-electron chi connectivity index (χ1n) is 6.88. The Hall–Kier alpha value is -2.35. The predicted octanol–water partition coefficient (Wildman–Crippen LogP) is 4.74. The van der Waals surface area contributed by atoms with E-state index in [1.54, 1.807) is 10.6 Å². The number of fused-ring (bicyclic) bond motifs is 1. The largest absolute Gasteiger partial charge is 0.417 e. The highest BCUT2D eigenvalue weighted by atomic mass is 79.9. The number of benzene rings is 1. The van der Waals surface area contributed by atoms with Gasteiger partial charge in [0.05, 0.1) is 17.4 Å². The number of rotatable bonds is 2. The third-order valence-electron chi connectivity index (χ3n) is 3.41. The third kappa shape index (κ3) is 3.01. The second kappa shape index (κ2) is 5.94. The molecular formula is C16H11BrF3N3O. The van der Waals surface area contributed by atoms with E-state index < -0.39 is 11.7 Å². The first kappa shape index (κ1) is 16.5. The van der Waals surface area contributed by atoms with Crippen LogP contribution in [0.15, 0.2) is 47.3 Å². The minimum Gasteiger partial charge on any atom is -0.323 e. The van der Waals surface area contributed by atoms with Crippen LogP contribution in [0.2, 0.25) is 0 Å². The minimum atomic E-state index is -4.48. The van der Waals surface area contributed by atoms with E-state index >= 15 is 0 Å². The molecule has 124 valence electrons. The Morgan fingerprint density at radius 3 is 2.67 bits per heavy atom. The Labute approximate surface area is 143 Å². The van der Waals surface area contributed by atoms with E-state index in [0.29, 0.717) is 21.5 Å². The zero-order valence-electron chi connectivity index (χ0n) is 12.4. The molecular weight excluding hydrogens is 387 g/mol. The summed E-state index contributed by atoms with van der Waals surface area (Å²) < 4.78 is 42.0. The number of amides is 1. The van der Waals surface area contributed by atoms with Crippen LogP contribution in [-0.2, 0) is 11.0 Å². The van der Waals surface area contributed by atoms with Gasteiger partial charge in [0.2, 0.25) is 5.91 Å². The van der Waals surface area contributed by atoms with Crippen molar-refractivity contribution < 1.29 is 18.0 Å². The van der Waals surface area contributed by atoms with Crippen molar-refractivity contribution in [3.8, 4) is 11.1 Å². The fraction of sp³-hybridized carbons (Fsp3) is 0.125. The van der Waals surface area contributed by atoms with E-state index in [4.69, 9.17) is 0 Å². The van der Waals surface area contributed by atoms with Gasteiger partial charge in [0.15, 0.2) is 5.65 Å². The molecule has 0 bridgehead atoms. The number of anilines is 1. The van der Waals surface area contributed by atoms with Gasteiger partial charge >= 0.3 is 6.18 Å². The molecule has 0 aliphatic heterocycles. The first-order valence-corrected chi connectivity index (χ1v) is 7.67. The Morgan fingerprint density at radius 2 is 2.00 bits per heavy atom. The summed E-state index contributed by atoms with van der Waals surface area (Å²) in [6.07, 6.45) is -1.42. The molecule has 0 atom stereocenters. The monoisotopic (exact) mass is 397 g/mol. The van der Waals surface area contributed by atoms with Crippen LogP contribution in [0.5, 0.6) is 0 Å². The van der Waals surface area contributed by atoms with Gasteiger partial charge in [-0.3, -0.25) is 9.20 Å². The van der Waals surface area contributed by atoms with Crippen molar-refractivity contribution in [2.45, 2.75) is 13.1 Å². The fourth-order valence-corrected chi connectivity index (χ4v) is 2.84. The number of carbonyl (C=O) groups is 1. The molecule has 2 aromatic heterocycles. The average molecular weight is 398 g/mol. The lowest BCUT2D eigenvalue weighted by Crippen LogP contribution is -2.09. The summed E-state index contributed by atoms with van der Waals surface area (Å²) in [7, 11) is 0. The van der Waals surface area contributed by atoms with E-state index in [-0.39, 0.29) is 11.5 Å². The lowest BCUT2D eigenvalue weighted by molar-refractivity contribution is -0.137. The maximum atomic E-state index is 13.3. The van der Waals surface area contributed by atoms with Crippen LogP contribution >= 0.6 is 15.9 Å². The molecule has 8 heteroatoms. The number of alkyl halides is 3. The minimum absolute atomic E-state index is 0.0269. The number of imidazole rings is 1. The third-order valence-corrected chi connectivity index (χ3v) is 4.00. The van der Waals surface area contributed by atoms with Gasteiger partial charge in [0.25, 0.3) is 0 Å². The zero-order valence-corrected chi connectivity index (χ0v) is 13.9. The molecule has 1 aromatic carbocycles. The Morgan fingerprint density at radius 1 is 1.29 bits per heavy atom. The highest BCUT2D eigenvalue weighted by Gasteiger charge is 2.33. The van der Waals surface area contributed by atoms with Crippen molar-refractivity contribution in [3.05, 3.63) is 52.9 Å². The van der Waals surface area contributed by atoms with Crippen LogP contribution in [0.4, 0.5) is 18.9 Å². The highest BCUT2D eigenvalue weighted by molar-refractivity contribution is 9.10. The van der Waals surface area contributed by atoms with Gasteiger partial charge in [-0.15, -0.1) is 0 Å². The lowest BCUT2D eigenvalue weighted by Gasteiger charge is -2.14. The van der Waals surface area contributed by atoms with Crippen LogP contribution in [0, 0.1) is 0 Å². The van der Waals surface area contributed by atoms with Crippen molar-refractivity contribution in [3.63, 3.8) is 0 Å². The molecule has 0 fully saturated rings. The number of halogens is 4. The molecule has 0 saturated carbocycles. The van der Waals surface area contributed by atoms with Crippen molar-refractivity contribution in [1.29, 1.82) is 0 Å². The van der Waals surface area contributed by atoms with Gasteiger partial charge in [-0.25, -0.2) is 4.98 Å². The van der Waals surface area contributed by atoms with Crippen LogP contribution in [0.1, 0.15) is 12.5 Å². The fourth-order valence-electron chi connectivity index (χ4n) is 2.47. The van der Waals surface area contributed by atoms with Crippen LogP contribution in [-0.4, -0.2) is 15.3 Å². The summed E-state index contributed by atoms with van der Waals surface area (Å²) >= 11 is 3.30. The molecule has 0 aliphatic carbocycles. The molecule has 0 spiro atoms. The quantitative estimate of drug-likeness (QED) is 0.678. The predicted molar refractivity (Wildman–Crippen MR) is 87.6 cm³/mol. The number of carbonyl (C=O) groups excluding carboxylic acids is 1. The van der Waals surface area contributed by atoms with Gasteiger partial charge < -0.3 is 5.32 Å². The molecule has 24 heavy (non-hydrogen) atoms. The average Bonchev–Trinajstić information content (AvgIpc) is 2.88. The SMILES string of the molecule is CC(=O)Nc1cc(-c2ccccc2C(F)(F)F)cn2c(Br)cnc12. The summed E-state index contributed by atoms with van der Waals surface area (Å²) in [5, 5.41) is 2.61.